The normalized spacial score (nSPS) is 10.4. The largest absolute Gasteiger partial charge is 0.497 e. The number of ether oxygens (including phenoxy) is 1. The van der Waals surface area contributed by atoms with E-state index < -0.39 is 0 Å². The topological polar surface area (TPSA) is 60.2 Å². The molecule has 0 saturated heterocycles. The lowest BCUT2D eigenvalue weighted by molar-refractivity contribution is 0.415. The van der Waals surface area contributed by atoms with Crippen molar-refractivity contribution in [1.82, 2.24) is 4.98 Å². The van der Waals surface area contributed by atoms with Crippen LogP contribution in [0, 0.1) is 0 Å². The molecule has 0 fully saturated rings. The lowest BCUT2D eigenvalue weighted by Crippen LogP contribution is -1.94. The number of nitrogens with zero attached hydrogens (tertiary/aromatic N) is 1. The van der Waals surface area contributed by atoms with Crippen LogP contribution >= 0.6 is 0 Å². The smallest absolute Gasteiger partial charge is 0.131 e. The van der Waals surface area contributed by atoms with E-state index in [9.17, 15) is 0 Å². The summed E-state index contributed by atoms with van der Waals surface area (Å²) in [5, 5.41) is 4.30. The van der Waals surface area contributed by atoms with Crippen molar-refractivity contribution in [2.24, 2.45) is 0 Å². The molecule has 0 spiro atoms. The van der Waals surface area contributed by atoms with Crippen molar-refractivity contribution in [1.29, 1.82) is 0 Å². The van der Waals surface area contributed by atoms with Gasteiger partial charge >= 0.3 is 0 Å². The summed E-state index contributed by atoms with van der Waals surface area (Å²) in [6, 6.07) is 17.3. The van der Waals surface area contributed by atoms with E-state index in [4.69, 9.17) is 10.5 Å². The molecule has 4 nitrogen and oxygen atoms in total. The molecule has 3 aromatic rings. The van der Waals surface area contributed by atoms with Crippen LogP contribution in [0.5, 0.6) is 5.75 Å². The van der Waals surface area contributed by atoms with Gasteiger partial charge in [-0.15, -0.1) is 0 Å². The van der Waals surface area contributed by atoms with Crippen LogP contribution in [0.2, 0.25) is 0 Å². The Bertz CT molecular complexity index is 738. The van der Waals surface area contributed by atoms with Gasteiger partial charge in [-0.1, -0.05) is 0 Å². The second-order valence-electron chi connectivity index (χ2n) is 4.50. The maximum absolute atomic E-state index is 5.76. The highest BCUT2D eigenvalue weighted by molar-refractivity contribution is 5.83. The van der Waals surface area contributed by atoms with Gasteiger partial charge in [0, 0.05) is 16.8 Å². The Morgan fingerprint density at radius 3 is 2.55 bits per heavy atom. The summed E-state index contributed by atoms with van der Waals surface area (Å²) in [4.78, 5) is 4.56. The van der Waals surface area contributed by atoms with Crippen molar-refractivity contribution in [3.05, 3.63) is 54.6 Å². The third-order valence-electron chi connectivity index (χ3n) is 3.08. The van der Waals surface area contributed by atoms with Crippen molar-refractivity contribution in [3.63, 3.8) is 0 Å². The number of hydrogen-bond donors (Lipinski definition) is 2. The van der Waals surface area contributed by atoms with Crippen molar-refractivity contribution in [2.45, 2.75) is 0 Å². The highest BCUT2D eigenvalue weighted by atomic mass is 16.5. The minimum atomic E-state index is 0.746. The number of benzene rings is 2. The maximum Gasteiger partial charge on any atom is 0.131 e. The Kier molecular flexibility index (Phi) is 3.13. The molecule has 0 aliphatic carbocycles. The van der Waals surface area contributed by atoms with Gasteiger partial charge in [-0.05, 0) is 54.6 Å². The van der Waals surface area contributed by atoms with Crippen LogP contribution in [-0.4, -0.2) is 12.1 Å². The van der Waals surface area contributed by atoms with Crippen LogP contribution < -0.4 is 15.8 Å². The van der Waals surface area contributed by atoms with Gasteiger partial charge < -0.3 is 15.8 Å². The molecule has 3 N–H and O–H groups in total. The van der Waals surface area contributed by atoms with Crippen molar-refractivity contribution >= 4 is 28.1 Å². The van der Waals surface area contributed by atoms with E-state index in [1.807, 2.05) is 54.6 Å². The predicted octanol–water partition coefficient (Wildman–Crippen LogP) is 3.57. The molecule has 1 aromatic heterocycles. The van der Waals surface area contributed by atoms with E-state index in [0.717, 1.165) is 33.8 Å². The zero-order chi connectivity index (χ0) is 13.9. The van der Waals surface area contributed by atoms with Crippen LogP contribution in [0.3, 0.4) is 0 Å². The number of nitrogens with one attached hydrogen (secondary N) is 1. The predicted molar refractivity (Wildman–Crippen MR) is 82.4 cm³/mol. The first-order chi connectivity index (χ1) is 9.74. The molecule has 20 heavy (non-hydrogen) atoms. The summed E-state index contributed by atoms with van der Waals surface area (Å²) >= 11 is 0. The second kappa shape index (κ2) is 5.09. The average molecular weight is 265 g/mol. The first-order valence-electron chi connectivity index (χ1n) is 6.32. The molecule has 4 heteroatoms. The highest BCUT2D eigenvalue weighted by Crippen LogP contribution is 2.22. The van der Waals surface area contributed by atoms with E-state index in [1.54, 1.807) is 7.11 Å². The quantitative estimate of drug-likeness (QED) is 0.711. The maximum atomic E-state index is 5.76. The molecule has 100 valence electrons. The molecule has 2 aromatic carbocycles. The minimum absolute atomic E-state index is 0.746. The molecule has 3 rings (SSSR count). The first kappa shape index (κ1) is 12.3. The van der Waals surface area contributed by atoms with Crippen molar-refractivity contribution in [2.75, 3.05) is 18.2 Å². The fourth-order valence-electron chi connectivity index (χ4n) is 2.04. The molecule has 0 radical (unpaired) electrons. The Labute approximate surface area is 117 Å². The Balaban J connectivity index is 1.88. The zero-order valence-corrected chi connectivity index (χ0v) is 11.1. The molecular formula is C16H15N3O. The Hall–Kier alpha value is -2.75. The molecule has 0 aliphatic rings. The van der Waals surface area contributed by atoms with Crippen molar-refractivity contribution < 1.29 is 4.74 Å². The molecule has 0 bridgehead atoms. The molecule has 0 amide bonds. The van der Waals surface area contributed by atoms with Gasteiger partial charge in [-0.3, -0.25) is 0 Å². The third-order valence-corrected chi connectivity index (χ3v) is 3.08. The summed E-state index contributed by atoms with van der Waals surface area (Å²) < 4.78 is 5.13. The van der Waals surface area contributed by atoms with E-state index in [0.29, 0.717) is 0 Å². The van der Waals surface area contributed by atoms with E-state index in [2.05, 4.69) is 10.3 Å². The van der Waals surface area contributed by atoms with Crippen LogP contribution in [0.25, 0.3) is 10.9 Å². The number of nitrogens with two attached hydrogens (primary N) is 1. The van der Waals surface area contributed by atoms with Crippen LogP contribution in [-0.2, 0) is 0 Å². The van der Waals surface area contributed by atoms with Crippen LogP contribution in [0.4, 0.5) is 17.2 Å². The second-order valence-corrected chi connectivity index (χ2v) is 4.50. The van der Waals surface area contributed by atoms with Gasteiger partial charge in [-0.25, -0.2) is 4.98 Å². The standard InChI is InChI=1S/C16H15N3O/c1-20-14-6-4-13(5-7-14)18-16-9-2-11-10-12(17)3-8-15(11)19-16/h2-10H,17H2,1H3,(H,18,19). The van der Waals surface area contributed by atoms with Gasteiger partial charge in [0.05, 0.1) is 12.6 Å². The van der Waals surface area contributed by atoms with Crippen LogP contribution in [0.15, 0.2) is 54.6 Å². The number of pyridine rings is 1. The molecule has 0 saturated carbocycles. The van der Waals surface area contributed by atoms with Gasteiger partial charge in [-0.2, -0.15) is 0 Å². The average Bonchev–Trinajstić information content (AvgIpc) is 2.48. The lowest BCUT2D eigenvalue weighted by Gasteiger charge is -2.08. The SMILES string of the molecule is COc1ccc(Nc2ccc3cc(N)ccc3n2)cc1. The van der Waals surface area contributed by atoms with Gasteiger partial charge in [0.2, 0.25) is 0 Å². The molecule has 0 atom stereocenters. The van der Waals surface area contributed by atoms with Gasteiger partial charge in [0.1, 0.15) is 11.6 Å². The summed E-state index contributed by atoms with van der Waals surface area (Å²) in [5.74, 6) is 1.63. The highest BCUT2D eigenvalue weighted by Gasteiger charge is 2.00. The van der Waals surface area contributed by atoms with Crippen LogP contribution in [0.1, 0.15) is 0 Å². The Morgan fingerprint density at radius 2 is 1.80 bits per heavy atom. The van der Waals surface area contributed by atoms with Crippen molar-refractivity contribution in [3.8, 4) is 5.75 Å². The van der Waals surface area contributed by atoms with E-state index in [-0.39, 0.29) is 0 Å². The monoisotopic (exact) mass is 265 g/mol. The van der Waals surface area contributed by atoms with E-state index >= 15 is 0 Å². The number of rotatable bonds is 3. The fourth-order valence-corrected chi connectivity index (χ4v) is 2.04. The van der Waals surface area contributed by atoms with Gasteiger partial charge in [0.25, 0.3) is 0 Å². The summed E-state index contributed by atoms with van der Waals surface area (Å²) in [7, 11) is 1.65. The number of methoxy groups -OCH3 is 1. The summed E-state index contributed by atoms with van der Waals surface area (Å²) in [6.07, 6.45) is 0. The Morgan fingerprint density at radius 1 is 1.00 bits per heavy atom. The summed E-state index contributed by atoms with van der Waals surface area (Å²) in [5.41, 5.74) is 8.38. The lowest BCUT2D eigenvalue weighted by atomic mass is 10.2. The third kappa shape index (κ3) is 2.49. The fraction of sp³-hybridized carbons (Fsp3) is 0.0625. The number of aromatic nitrogens is 1. The number of nitrogen functional groups attached to an aromatic ring is 1. The molecule has 1 heterocycles. The number of fused-ring (bicyclic) bond motifs is 1. The minimum Gasteiger partial charge on any atom is -0.497 e. The number of anilines is 3. The summed E-state index contributed by atoms with van der Waals surface area (Å²) in [6.45, 7) is 0. The molecule has 0 aliphatic heterocycles. The van der Waals surface area contributed by atoms with Gasteiger partial charge in [0.15, 0.2) is 0 Å². The molecular weight excluding hydrogens is 250 g/mol. The first-order valence-corrected chi connectivity index (χ1v) is 6.32. The number of hydrogen-bond acceptors (Lipinski definition) is 4. The molecule has 0 unspecified atom stereocenters. The van der Waals surface area contributed by atoms with E-state index in [1.165, 1.54) is 0 Å². The zero-order valence-electron chi connectivity index (χ0n) is 11.1.